The van der Waals surface area contributed by atoms with Crippen molar-refractivity contribution in [3.63, 3.8) is 0 Å². The maximum Gasteiger partial charge on any atom is 0.143 e. The van der Waals surface area contributed by atoms with Gasteiger partial charge in [-0.1, -0.05) is 19.9 Å². The van der Waals surface area contributed by atoms with Gasteiger partial charge in [-0.25, -0.2) is 0 Å². The van der Waals surface area contributed by atoms with E-state index >= 15 is 0 Å². The van der Waals surface area contributed by atoms with Gasteiger partial charge >= 0.3 is 0 Å². The Kier molecular flexibility index (Phi) is 4.04. The molecule has 0 saturated heterocycles. The lowest BCUT2D eigenvalue weighted by atomic mass is 10.0. The molecule has 0 bridgehead atoms. The van der Waals surface area contributed by atoms with E-state index in [1.807, 2.05) is 0 Å². The predicted octanol–water partition coefficient (Wildman–Crippen LogP) is 2.82. The number of fused-ring (bicyclic) bond motifs is 1. The largest absolute Gasteiger partial charge is 0.484 e. The molecule has 1 aromatic carbocycles. The fourth-order valence-electron chi connectivity index (χ4n) is 2.70. The second-order valence-electron chi connectivity index (χ2n) is 6.48. The molecule has 0 aromatic heterocycles. The zero-order valence-corrected chi connectivity index (χ0v) is 12.6. The Morgan fingerprint density at radius 1 is 1.37 bits per heavy atom. The van der Waals surface area contributed by atoms with Gasteiger partial charge in [-0.2, -0.15) is 0 Å². The van der Waals surface area contributed by atoms with E-state index in [-0.39, 0.29) is 5.60 Å². The first-order chi connectivity index (χ1) is 8.91. The van der Waals surface area contributed by atoms with Gasteiger partial charge in [0, 0.05) is 6.54 Å². The van der Waals surface area contributed by atoms with Crippen LogP contribution in [0.2, 0.25) is 0 Å². The monoisotopic (exact) mass is 262 g/mol. The lowest BCUT2D eigenvalue weighted by Crippen LogP contribution is -2.48. The summed E-state index contributed by atoms with van der Waals surface area (Å²) in [5, 5.41) is 0. The molecule has 1 aromatic rings. The van der Waals surface area contributed by atoms with Gasteiger partial charge < -0.3 is 15.4 Å². The molecule has 0 amide bonds. The van der Waals surface area contributed by atoms with Gasteiger partial charge in [-0.3, -0.25) is 0 Å². The van der Waals surface area contributed by atoms with E-state index < -0.39 is 0 Å². The molecule has 2 rings (SSSR count). The normalized spacial score (nSPS) is 17.3. The van der Waals surface area contributed by atoms with Crippen LogP contribution in [0.1, 0.15) is 33.3 Å². The van der Waals surface area contributed by atoms with Gasteiger partial charge in [0.25, 0.3) is 0 Å². The zero-order chi connectivity index (χ0) is 14.0. The molecule has 0 radical (unpaired) electrons. The number of rotatable bonds is 4. The van der Waals surface area contributed by atoms with Gasteiger partial charge in [0.1, 0.15) is 11.4 Å². The highest BCUT2D eigenvalue weighted by Gasteiger charge is 2.31. The Balaban J connectivity index is 2.34. The quantitative estimate of drug-likeness (QED) is 0.907. The van der Waals surface area contributed by atoms with Gasteiger partial charge in [-0.15, -0.1) is 0 Å². The Morgan fingerprint density at radius 2 is 2.11 bits per heavy atom. The lowest BCUT2D eigenvalue weighted by Gasteiger charge is -2.41. The first-order valence-corrected chi connectivity index (χ1v) is 7.18. The minimum Gasteiger partial charge on any atom is -0.484 e. The smallest absolute Gasteiger partial charge is 0.143 e. The van der Waals surface area contributed by atoms with Crippen molar-refractivity contribution in [3.8, 4) is 5.75 Å². The fraction of sp³-hybridized carbons (Fsp3) is 0.625. The number of ether oxygens (including phenoxy) is 1. The average molecular weight is 262 g/mol. The Morgan fingerprint density at radius 3 is 2.74 bits per heavy atom. The van der Waals surface area contributed by atoms with Crippen LogP contribution in [0, 0.1) is 5.92 Å². The maximum atomic E-state index is 6.09. The number of anilines is 1. The number of nitrogens with two attached hydrogens (primary N) is 1. The molecule has 0 aliphatic carbocycles. The summed E-state index contributed by atoms with van der Waals surface area (Å²) in [6, 6.07) is 6.45. The summed E-state index contributed by atoms with van der Waals surface area (Å²) in [6.45, 7) is 11.5. The molecule has 0 unspecified atom stereocenters. The SMILES string of the molecule is CC(C)CN1CC(C)(C)Oc2ccc(CCN)cc21. The molecule has 1 aliphatic heterocycles. The molecule has 0 atom stereocenters. The summed E-state index contributed by atoms with van der Waals surface area (Å²) in [6.07, 6.45) is 0.923. The maximum absolute atomic E-state index is 6.09. The van der Waals surface area contributed by atoms with Gasteiger partial charge in [-0.05, 0) is 50.4 Å². The summed E-state index contributed by atoms with van der Waals surface area (Å²) in [5.74, 6) is 1.64. The number of benzene rings is 1. The highest BCUT2D eigenvalue weighted by Crippen LogP contribution is 2.38. The molecular weight excluding hydrogens is 236 g/mol. The second-order valence-corrected chi connectivity index (χ2v) is 6.48. The van der Waals surface area contributed by atoms with Crippen molar-refractivity contribution >= 4 is 5.69 Å². The third kappa shape index (κ3) is 3.41. The van der Waals surface area contributed by atoms with Crippen molar-refractivity contribution in [2.45, 2.75) is 39.7 Å². The molecular formula is C16H26N2O. The Hall–Kier alpha value is -1.22. The Labute approximate surface area is 116 Å². The van der Waals surface area contributed by atoms with Crippen LogP contribution in [0.25, 0.3) is 0 Å². The van der Waals surface area contributed by atoms with E-state index in [0.29, 0.717) is 12.5 Å². The van der Waals surface area contributed by atoms with Gasteiger partial charge in [0.15, 0.2) is 0 Å². The predicted molar refractivity (Wildman–Crippen MR) is 81.0 cm³/mol. The van der Waals surface area contributed by atoms with Crippen molar-refractivity contribution in [3.05, 3.63) is 23.8 Å². The first-order valence-electron chi connectivity index (χ1n) is 7.18. The molecule has 0 spiro atoms. The van der Waals surface area contributed by atoms with Crippen LogP contribution in [0.15, 0.2) is 18.2 Å². The van der Waals surface area contributed by atoms with Crippen LogP contribution >= 0.6 is 0 Å². The molecule has 1 heterocycles. The molecule has 106 valence electrons. The van der Waals surface area contributed by atoms with Crippen LogP contribution in [-0.2, 0) is 6.42 Å². The van der Waals surface area contributed by atoms with Crippen LogP contribution in [0.3, 0.4) is 0 Å². The van der Waals surface area contributed by atoms with Crippen molar-refractivity contribution in [1.82, 2.24) is 0 Å². The molecule has 0 fully saturated rings. The van der Waals surface area contributed by atoms with Crippen LogP contribution < -0.4 is 15.4 Å². The average Bonchev–Trinajstić information content (AvgIpc) is 2.28. The topological polar surface area (TPSA) is 38.5 Å². The highest BCUT2D eigenvalue weighted by molar-refractivity contribution is 5.62. The van der Waals surface area contributed by atoms with E-state index in [0.717, 1.165) is 25.3 Å². The van der Waals surface area contributed by atoms with Gasteiger partial charge in [0.05, 0.1) is 12.2 Å². The summed E-state index contributed by atoms with van der Waals surface area (Å²) >= 11 is 0. The first kappa shape index (κ1) is 14.2. The van der Waals surface area contributed by atoms with E-state index in [1.54, 1.807) is 0 Å². The van der Waals surface area contributed by atoms with Crippen molar-refractivity contribution in [1.29, 1.82) is 0 Å². The molecule has 19 heavy (non-hydrogen) atoms. The minimum atomic E-state index is -0.128. The van der Waals surface area contributed by atoms with E-state index in [1.165, 1.54) is 11.3 Å². The molecule has 1 aliphatic rings. The third-order valence-electron chi connectivity index (χ3n) is 3.34. The van der Waals surface area contributed by atoms with Crippen LogP contribution in [-0.4, -0.2) is 25.2 Å². The molecule has 3 nitrogen and oxygen atoms in total. The summed E-state index contributed by atoms with van der Waals surface area (Å²) in [7, 11) is 0. The van der Waals surface area contributed by atoms with Gasteiger partial charge in [0.2, 0.25) is 0 Å². The van der Waals surface area contributed by atoms with Crippen LogP contribution in [0.5, 0.6) is 5.75 Å². The third-order valence-corrected chi connectivity index (χ3v) is 3.34. The van der Waals surface area contributed by atoms with Crippen molar-refractivity contribution in [2.24, 2.45) is 11.7 Å². The summed E-state index contributed by atoms with van der Waals surface area (Å²) in [5.41, 5.74) is 8.03. The summed E-state index contributed by atoms with van der Waals surface area (Å²) < 4.78 is 6.09. The molecule has 3 heteroatoms. The van der Waals surface area contributed by atoms with Crippen molar-refractivity contribution < 1.29 is 4.74 Å². The molecule has 2 N–H and O–H groups in total. The lowest BCUT2D eigenvalue weighted by molar-refractivity contribution is 0.104. The van der Waals surface area contributed by atoms with Crippen molar-refractivity contribution in [2.75, 3.05) is 24.5 Å². The molecule has 0 saturated carbocycles. The van der Waals surface area contributed by atoms with E-state index in [9.17, 15) is 0 Å². The minimum absolute atomic E-state index is 0.128. The second kappa shape index (κ2) is 5.41. The zero-order valence-electron chi connectivity index (χ0n) is 12.6. The van der Waals surface area contributed by atoms with E-state index in [4.69, 9.17) is 10.5 Å². The highest BCUT2D eigenvalue weighted by atomic mass is 16.5. The fourth-order valence-corrected chi connectivity index (χ4v) is 2.70. The van der Waals surface area contributed by atoms with E-state index in [2.05, 4.69) is 50.8 Å². The number of hydrogen-bond donors (Lipinski definition) is 1. The Bertz CT molecular complexity index is 440. The summed E-state index contributed by atoms with van der Waals surface area (Å²) in [4.78, 5) is 2.45. The number of nitrogens with zero attached hydrogens (tertiary/aromatic N) is 1. The standard InChI is InChI=1S/C16H26N2O/c1-12(2)10-18-11-16(3,4)19-15-6-5-13(7-8-17)9-14(15)18/h5-6,9,12H,7-8,10-11,17H2,1-4H3. The number of hydrogen-bond acceptors (Lipinski definition) is 3. The van der Waals surface area contributed by atoms with Crippen LogP contribution in [0.4, 0.5) is 5.69 Å².